The molecule has 2 heterocycles. The molecule has 5 nitrogen and oxygen atoms in total. The Labute approximate surface area is 109 Å². The van der Waals surface area contributed by atoms with Gasteiger partial charge in [0.05, 0.1) is 0 Å². The van der Waals surface area contributed by atoms with Crippen molar-refractivity contribution in [2.24, 2.45) is 5.92 Å². The van der Waals surface area contributed by atoms with Crippen molar-refractivity contribution in [1.82, 2.24) is 4.98 Å². The Balaban J connectivity index is 2.05. The highest BCUT2D eigenvalue weighted by molar-refractivity contribution is 8.13. The molecule has 1 aliphatic heterocycles. The highest BCUT2D eigenvalue weighted by Gasteiger charge is 2.31. The zero-order valence-corrected chi connectivity index (χ0v) is 10.8. The average Bonchev–Trinajstić information content (AvgIpc) is 2.68. The van der Waals surface area contributed by atoms with E-state index in [9.17, 15) is 14.4 Å². The van der Waals surface area contributed by atoms with E-state index in [2.05, 4.69) is 4.98 Å². The van der Waals surface area contributed by atoms with Crippen molar-refractivity contribution in [2.45, 2.75) is 13.3 Å². The van der Waals surface area contributed by atoms with E-state index >= 15 is 0 Å². The molecule has 0 spiro atoms. The molecule has 2 rings (SSSR count). The number of nitrogens with zero attached hydrogens (tertiary/aromatic N) is 1. The first kappa shape index (κ1) is 12.9. The summed E-state index contributed by atoms with van der Waals surface area (Å²) >= 11 is 1.24. The van der Waals surface area contributed by atoms with Crippen LogP contribution in [0.3, 0.4) is 0 Å². The molecule has 18 heavy (non-hydrogen) atoms. The van der Waals surface area contributed by atoms with E-state index < -0.39 is 0 Å². The maximum Gasteiger partial charge on any atom is 0.249 e. The van der Waals surface area contributed by atoms with Crippen molar-refractivity contribution < 1.29 is 9.59 Å². The minimum absolute atomic E-state index is 0.00833. The van der Waals surface area contributed by atoms with Crippen LogP contribution in [0, 0.1) is 5.92 Å². The number of anilines is 1. The van der Waals surface area contributed by atoms with Gasteiger partial charge in [0.1, 0.15) is 5.82 Å². The molecule has 1 unspecified atom stereocenters. The topological polar surface area (TPSA) is 70.2 Å². The summed E-state index contributed by atoms with van der Waals surface area (Å²) in [5.74, 6) is 1.33. The van der Waals surface area contributed by atoms with Crippen LogP contribution >= 0.6 is 11.8 Å². The highest BCUT2D eigenvalue weighted by Crippen LogP contribution is 2.25. The maximum atomic E-state index is 11.9. The summed E-state index contributed by atoms with van der Waals surface area (Å²) in [6.07, 6.45) is 0.428. The fourth-order valence-corrected chi connectivity index (χ4v) is 2.65. The number of pyridine rings is 1. The third kappa shape index (κ3) is 3.01. The molecule has 0 saturated carbocycles. The lowest BCUT2D eigenvalue weighted by Gasteiger charge is -2.15. The summed E-state index contributed by atoms with van der Waals surface area (Å²) in [6, 6.07) is 4.74. The molecule has 0 radical (unpaired) electrons. The van der Waals surface area contributed by atoms with Crippen molar-refractivity contribution in [2.75, 3.05) is 17.2 Å². The van der Waals surface area contributed by atoms with Gasteiger partial charge in [-0.2, -0.15) is 0 Å². The zero-order valence-electron chi connectivity index (χ0n) is 10.0. The summed E-state index contributed by atoms with van der Waals surface area (Å²) in [6.45, 7) is 2.08. The van der Waals surface area contributed by atoms with Crippen LogP contribution in [0.15, 0.2) is 23.0 Å². The standard InChI is InChI=1S/C12H14N2O3S/c1-8(15)18-7-9-5-12(17)14(6-9)10-3-2-4-11(16)13-10/h2-4,9H,5-7H2,1H3,(H,13,16). The predicted octanol–water partition coefficient (Wildman–Crippen LogP) is 1.01. The van der Waals surface area contributed by atoms with Gasteiger partial charge in [-0.05, 0) is 12.0 Å². The van der Waals surface area contributed by atoms with Crippen LogP contribution in [0.25, 0.3) is 0 Å². The number of H-pyrrole nitrogens is 1. The number of thioether (sulfide) groups is 1. The second kappa shape index (κ2) is 5.39. The summed E-state index contributed by atoms with van der Waals surface area (Å²) in [7, 11) is 0. The number of aromatic nitrogens is 1. The lowest BCUT2D eigenvalue weighted by atomic mass is 10.1. The first-order valence-corrected chi connectivity index (χ1v) is 6.68. The Morgan fingerprint density at radius 1 is 1.50 bits per heavy atom. The lowest BCUT2D eigenvalue weighted by Crippen LogP contribution is -2.27. The fraction of sp³-hybridized carbons (Fsp3) is 0.417. The molecule has 0 aliphatic carbocycles. The largest absolute Gasteiger partial charge is 0.308 e. The van der Waals surface area contributed by atoms with Crippen molar-refractivity contribution >= 4 is 28.6 Å². The molecule has 1 aromatic rings. The molecule has 1 saturated heterocycles. The van der Waals surface area contributed by atoms with E-state index in [1.165, 1.54) is 24.8 Å². The number of hydrogen-bond acceptors (Lipinski definition) is 4. The quantitative estimate of drug-likeness (QED) is 0.886. The number of aromatic amines is 1. The zero-order chi connectivity index (χ0) is 13.1. The lowest BCUT2D eigenvalue weighted by molar-refractivity contribution is -0.117. The average molecular weight is 266 g/mol. The number of amides is 1. The van der Waals surface area contributed by atoms with Crippen LogP contribution < -0.4 is 10.5 Å². The number of nitrogens with one attached hydrogen (secondary N) is 1. The molecule has 1 aromatic heterocycles. The van der Waals surface area contributed by atoms with Gasteiger partial charge >= 0.3 is 0 Å². The van der Waals surface area contributed by atoms with Gasteiger partial charge < -0.3 is 4.98 Å². The molecule has 6 heteroatoms. The number of carbonyl (C=O) groups is 2. The molecular formula is C12H14N2O3S. The van der Waals surface area contributed by atoms with Gasteiger partial charge in [0.25, 0.3) is 0 Å². The normalized spacial score (nSPS) is 19.3. The molecule has 1 amide bonds. The van der Waals surface area contributed by atoms with Gasteiger partial charge in [-0.3, -0.25) is 19.3 Å². The molecule has 1 N–H and O–H groups in total. The van der Waals surface area contributed by atoms with Crippen LogP contribution in [0.4, 0.5) is 5.82 Å². The minimum Gasteiger partial charge on any atom is -0.308 e. The molecule has 96 valence electrons. The molecule has 0 aromatic carbocycles. The van der Waals surface area contributed by atoms with Gasteiger partial charge in [0.2, 0.25) is 11.5 Å². The predicted molar refractivity (Wildman–Crippen MR) is 70.7 cm³/mol. The first-order chi connectivity index (χ1) is 8.56. The van der Waals surface area contributed by atoms with E-state index in [-0.39, 0.29) is 22.5 Å². The van der Waals surface area contributed by atoms with Crippen molar-refractivity contribution in [1.29, 1.82) is 0 Å². The SMILES string of the molecule is CC(=O)SCC1CC(=O)N(c2cccc(=O)[nH]2)C1. The minimum atomic E-state index is -0.220. The smallest absolute Gasteiger partial charge is 0.249 e. The number of rotatable bonds is 3. The van der Waals surface area contributed by atoms with E-state index in [4.69, 9.17) is 0 Å². The van der Waals surface area contributed by atoms with E-state index in [0.29, 0.717) is 24.5 Å². The Kier molecular flexibility index (Phi) is 3.86. The van der Waals surface area contributed by atoms with E-state index in [1.807, 2.05) is 0 Å². The molecule has 1 aliphatic rings. The molecule has 0 bridgehead atoms. The Morgan fingerprint density at radius 2 is 2.28 bits per heavy atom. The van der Waals surface area contributed by atoms with E-state index in [0.717, 1.165) is 0 Å². The van der Waals surface area contributed by atoms with Gasteiger partial charge in [-0.15, -0.1) is 0 Å². The van der Waals surface area contributed by atoms with Crippen LogP contribution in [-0.4, -0.2) is 28.3 Å². The second-order valence-corrected chi connectivity index (χ2v) is 5.47. The van der Waals surface area contributed by atoms with Crippen molar-refractivity contribution in [3.63, 3.8) is 0 Å². The summed E-state index contributed by atoms with van der Waals surface area (Å²) < 4.78 is 0. The van der Waals surface area contributed by atoms with Crippen LogP contribution in [0.2, 0.25) is 0 Å². The molecular weight excluding hydrogens is 252 g/mol. The monoisotopic (exact) mass is 266 g/mol. The molecule has 1 fully saturated rings. The van der Waals surface area contributed by atoms with Crippen molar-refractivity contribution in [3.05, 3.63) is 28.6 Å². The summed E-state index contributed by atoms with van der Waals surface area (Å²) in [5, 5.41) is 0.0639. The molecule has 1 atom stereocenters. The van der Waals surface area contributed by atoms with Crippen LogP contribution in [0.1, 0.15) is 13.3 Å². The third-order valence-electron chi connectivity index (χ3n) is 2.77. The fourth-order valence-electron chi connectivity index (χ4n) is 1.95. The third-order valence-corrected chi connectivity index (χ3v) is 3.82. The van der Waals surface area contributed by atoms with E-state index in [1.54, 1.807) is 17.0 Å². The van der Waals surface area contributed by atoms with Crippen LogP contribution in [-0.2, 0) is 9.59 Å². The number of hydrogen-bond donors (Lipinski definition) is 1. The summed E-state index contributed by atoms with van der Waals surface area (Å²) in [4.78, 5) is 38.2. The maximum absolute atomic E-state index is 11.9. The Hall–Kier alpha value is -1.56. The Bertz CT molecular complexity index is 526. The number of carbonyl (C=O) groups excluding carboxylic acids is 2. The van der Waals surface area contributed by atoms with Gasteiger partial charge in [-0.1, -0.05) is 17.8 Å². The summed E-state index contributed by atoms with van der Waals surface area (Å²) in [5.41, 5.74) is -0.220. The second-order valence-electron chi connectivity index (χ2n) is 4.28. The first-order valence-electron chi connectivity index (χ1n) is 5.69. The van der Waals surface area contributed by atoms with Crippen molar-refractivity contribution in [3.8, 4) is 0 Å². The van der Waals surface area contributed by atoms with Gasteiger partial charge in [0, 0.05) is 31.7 Å². The van der Waals surface area contributed by atoms with Gasteiger partial charge in [0.15, 0.2) is 5.12 Å². The van der Waals surface area contributed by atoms with Gasteiger partial charge in [-0.25, -0.2) is 0 Å². The Morgan fingerprint density at radius 3 is 2.94 bits per heavy atom. The highest BCUT2D eigenvalue weighted by atomic mass is 32.2. The van der Waals surface area contributed by atoms with Crippen LogP contribution in [0.5, 0.6) is 0 Å².